The van der Waals surface area contributed by atoms with Crippen LogP contribution in [0.15, 0.2) is 0 Å². The lowest BCUT2D eigenvalue weighted by molar-refractivity contribution is -0.152. The maximum absolute atomic E-state index is 12.1. The van der Waals surface area contributed by atoms with Crippen LogP contribution in [-0.4, -0.2) is 82.1 Å². The normalized spacial score (nSPS) is 23.8. The van der Waals surface area contributed by atoms with Gasteiger partial charge < -0.3 is 29.0 Å². The lowest BCUT2D eigenvalue weighted by Crippen LogP contribution is -2.44. The summed E-state index contributed by atoms with van der Waals surface area (Å²) in [5, 5.41) is 2.74. The molecule has 9 heteroatoms. The van der Waals surface area contributed by atoms with Gasteiger partial charge in [-0.15, -0.1) is 0 Å². The largest absolute Gasteiger partial charge is 0.468 e. The number of nitrogens with zero attached hydrogens (tertiary/aromatic N) is 1. The van der Waals surface area contributed by atoms with E-state index in [9.17, 15) is 9.59 Å². The molecule has 9 nitrogen and oxygen atoms in total. The molecule has 2 aliphatic rings. The zero-order valence-electron chi connectivity index (χ0n) is 15.3. The fourth-order valence-electron chi connectivity index (χ4n) is 3.03. The number of likely N-dealkylation sites (tertiary alicyclic amines) is 1. The minimum atomic E-state index is -0.760. The maximum atomic E-state index is 12.1. The molecule has 0 aromatic rings. The van der Waals surface area contributed by atoms with Gasteiger partial charge in [0.2, 0.25) is 0 Å². The van der Waals surface area contributed by atoms with Gasteiger partial charge in [-0.3, -0.25) is 9.69 Å². The number of hydrogen-bond acceptors (Lipinski definition) is 8. The van der Waals surface area contributed by atoms with Crippen LogP contribution in [0.25, 0.3) is 0 Å². The predicted molar refractivity (Wildman–Crippen MR) is 86.7 cm³/mol. The monoisotopic (exact) mass is 360 g/mol. The van der Waals surface area contributed by atoms with Gasteiger partial charge in [-0.25, -0.2) is 4.79 Å². The fourth-order valence-corrected chi connectivity index (χ4v) is 3.03. The summed E-state index contributed by atoms with van der Waals surface area (Å²) < 4.78 is 26.6. The van der Waals surface area contributed by atoms with Gasteiger partial charge in [0.1, 0.15) is 6.04 Å². The average molecular weight is 360 g/mol. The molecule has 0 saturated carbocycles. The molecule has 0 aliphatic carbocycles. The quantitative estimate of drug-likeness (QED) is 0.649. The second-order valence-corrected chi connectivity index (χ2v) is 6.58. The Hall–Kier alpha value is -1.42. The van der Waals surface area contributed by atoms with Gasteiger partial charge in [0.25, 0.3) is 0 Å². The Morgan fingerprint density at radius 3 is 2.48 bits per heavy atom. The van der Waals surface area contributed by atoms with E-state index >= 15 is 0 Å². The van der Waals surface area contributed by atoms with Crippen molar-refractivity contribution in [2.75, 3.05) is 47.3 Å². The maximum Gasteiger partial charge on any atom is 0.407 e. The Morgan fingerprint density at radius 1 is 1.24 bits per heavy atom. The van der Waals surface area contributed by atoms with Crippen LogP contribution in [0.4, 0.5) is 4.79 Å². The number of carbonyl (C=O) groups excluding carboxylic acids is 2. The topological polar surface area (TPSA) is 95.6 Å². The van der Waals surface area contributed by atoms with E-state index < -0.39 is 17.9 Å². The minimum Gasteiger partial charge on any atom is -0.468 e. The summed E-state index contributed by atoms with van der Waals surface area (Å²) >= 11 is 0. The lowest BCUT2D eigenvalue weighted by atomic mass is 10.1. The molecule has 144 valence electrons. The van der Waals surface area contributed by atoms with E-state index in [0.29, 0.717) is 32.8 Å². The highest BCUT2D eigenvalue weighted by Gasteiger charge is 2.51. The Morgan fingerprint density at radius 2 is 1.92 bits per heavy atom. The van der Waals surface area contributed by atoms with E-state index in [2.05, 4.69) is 10.1 Å². The Labute approximate surface area is 147 Å². The molecule has 0 aromatic heterocycles. The summed E-state index contributed by atoms with van der Waals surface area (Å²) in [6, 6.07) is -0.672. The number of methoxy groups -OCH3 is 2. The third-order valence-electron chi connectivity index (χ3n) is 4.52. The fraction of sp³-hybridized carbons (Fsp3) is 0.875. The lowest BCUT2D eigenvalue weighted by Gasteiger charge is -2.26. The van der Waals surface area contributed by atoms with Gasteiger partial charge in [-0.1, -0.05) is 13.8 Å². The molecular formula is C16H28N2O7. The molecule has 2 heterocycles. The number of esters is 1. The molecule has 25 heavy (non-hydrogen) atoms. The Kier molecular flexibility index (Phi) is 7.00. The van der Waals surface area contributed by atoms with Crippen molar-refractivity contribution in [3.8, 4) is 0 Å². The molecule has 1 amide bonds. The van der Waals surface area contributed by atoms with Crippen LogP contribution >= 0.6 is 0 Å². The van der Waals surface area contributed by atoms with Gasteiger partial charge in [0, 0.05) is 6.42 Å². The number of rotatable bonds is 7. The minimum absolute atomic E-state index is 0.168. The number of amides is 1. The van der Waals surface area contributed by atoms with Crippen molar-refractivity contribution < 1.29 is 33.3 Å². The van der Waals surface area contributed by atoms with E-state index in [1.165, 1.54) is 14.2 Å². The van der Waals surface area contributed by atoms with Crippen molar-refractivity contribution in [2.45, 2.75) is 38.1 Å². The highest BCUT2D eigenvalue weighted by molar-refractivity contribution is 5.76. The zero-order valence-corrected chi connectivity index (χ0v) is 15.3. The van der Waals surface area contributed by atoms with Crippen molar-refractivity contribution in [3.63, 3.8) is 0 Å². The molecule has 2 rings (SSSR count). The van der Waals surface area contributed by atoms with Crippen LogP contribution in [0.5, 0.6) is 0 Å². The molecule has 0 aromatic carbocycles. The molecule has 1 N–H and O–H groups in total. The van der Waals surface area contributed by atoms with E-state index in [0.717, 1.165) is 0 Å². The summed E-state index contributed by atoms with van der Waals surface area (Å²) in [5.74, 6) is -0.932. The smallest absolute Gasteiger partial charge is 0.407 e. The first-order chi connectivity index (χ1) is 11.9. The number of carbonyl (C=O) groups is 2. The molecule has 0 bridgehead atoms. The number of alkyl carbamates (subject to hydrolysis) is 1. The van der Waals surface area contributed by atoms with Crippen LogP contribution in [-0.2, 0) is 28.5 Å². The molecule has 2 saturated heterocycles. The van der Waals surface area contributed by atoms with Crippen LogP contribution in [0, 0.1) is 5.92 Å². The first-order valence-electron chi connectivity index (χ1n) is 8.43. The standard InChI is InChI=1S/C16H28N2O7/c1-11(2)12(17-15(20)22-4)8-23-10-18-9-16(24-5-6-25-16)7-13(18)14(19)21-3/h11-13H,5-10H2,1-4H3,(H,17,20)/t12-,13-/m0/s1. The summed E-state index contributed by atoms with van der Waals surface area (Å²) in [5.41, 5.74) is 0. The van der Waals surface area contributed by atoms with Crippen LogP contribution in [0.3, 0.4) is 0 Å². The Balaban J connectivity index is 1.90. The third-order valence-corrected chi connectivity index (χ3v) is 4.52. The van der Waals surface area contributed by atoms with Gasteiger partial charge in [0.15, 0.2) is 5.79 Å². The molecule has 0 unspecified atom stereocenters. The highest BCUT2D eigenvalue weighted by Crippen LogP contribution is 2.35. The first kappa shape index (κ1) is 19.9. The van der Waals surface area contributed by atoms with Crippen LogP contribution in [0.2, 0.25) is 0 Å². The van der Waals surface area contributed by atoms with E-state index in [1.807, 2.05) is 18.7 Å². The van der Waals surface area contributed by atoms with Crippen LogP contribution in [0.1, 0.15) is 20.3 Å². The van der Waals surface area contributed by atoms with Crippen molar-refractivity contribution >= 4 is 12.1 Å². The number of nitrogens with one attached hydrogen (secondary N) is 1. The third kappa shape index (κ3) is 5.04. The average Bonchev–Trinajstić information content (AvgIpc) is 3.20. The van der Waals surface area contributed by atoms with Gasteiger partial charge >= 0.3 is 12.1 Å². The molecule has 2 fully saturated rings. The summed E-state index contributed by atoms with van der Waals surface area (Å²) in [6.45, 7) is 5.93. The van der Waals surface area contributed by atoms with Crippen molar-refractivity contribution in [3.05, 3.63) is 0 Å². The highest BCUT2D eigenvalue weighted by atomic mass is 16.7. The van der Waals surface area contributed by atoms with E-state index in [-0.39, 0.29) is 24.7 Å². The number of ether oxygens (including phenoxy) is 5. The van der Waals surface area contributed by atoms with E-state index in [1.54, 1.807) is 0 Å². The molecule has 2 aliphatic heterocycles. The zero-order chi connectivity index (χ0) is 18.4. The summed E-state index contributed by atoms with van der Waals surface area (Å²) in [6.07, 6.45) is -0.0838. The van der Waals surface area contributed by atoms with E-state index in [4.69, 9.17) is 18.9 Å². The van der Waals surface area contributed by atoms with Crippen LogP contribution < -0.4 is 5.32 Å². The second-order valence-electron chi connectivity index (χ2n) is 6.58. The van der Waals surface area contributed by atoms with Crippen molar-refractivity contribution in [1.29, 1.82) is 0 Å². The first-order valence-corrected chi connectivity index (χ1v) is 8.43. The molecule has 0 radical (unpaired) electrons. The second kappa shape index (κ2) is 8.79. The van der Waals surface area contributed by atoms with Gasteiger partial charge in [-0.05, 0) is 5.92 Å². The molecule has 2 atom stereocenters. The number of hydrogen-bond donors (Lipinski definition) is 1. The predicted octanol–water partition coefficient (Wildman–Crippen LogP) is 0.332. The van der Waals surface area contributed by atoms with Gasteiger partial charge in [0.05, 0.1) is 53.4 Å². The SMILES string of the molecule is COC(=O)N[C@@H](COCN1CC2(C[C@H]1C(=O)OC)OCCO2)C(C)C. The Bertz CT molecular complexity index is 465. The van der Waals surface area contributed by atoms with Gasteiger partial charge in [-0.2, -0.15) is 0 Å². The molecule has 1 spiro atoms. The van der Waals surface area contributed by atoms with Crippen molar-refractivity contribution in [1.82, 2.24) is 10.2 Å². The summed E-state index contributed by atoms with van der Waals surface area (Å²) in [7, 11) is 2.68. The van der Waals surface area contributed by atoms with Crippen molar-refractivity contribution in [2.24, 2.45) is 5.92 Å². The summed E-state index contributed by atoms with van der Waals surface area (Å²) in [4.78, 5) is 25.3. The molecular weight excluding hydrogens is 332 g/mol.